The summed E-state index contributed by atoms with van der Waals surface area (Å²) < 4.78 is 30.5. The molecule has 2 aromatic carbocycles. The number of nitrogens with zero attached hydrogens (tertiary/aromatic N) is 7. The Morgan fingerprint density at radius 3 is 1.64 bits per heavy atom. The van der Waals surface area contributed by atoms with Crippen molar-refractivity contribution in [2.24, 2.45) is 0 Å². The Bertz CT molecular complexity index is 2680. The Morgan fingerprint density at radius 1 is 0.709 bits per heavy atom. The molecule has 0 aliphatic carbocycles. The van der Waals surface area contributed by atoms with Crippen LogP contribution in [0.2, 0.25) is 0 Å². The molecule has 0 fully saturated rings. The fraction of sp³-hybridized carbons (Fsp3) is 0.116. The number of fused-ring (bicyclic) bond motifs is 2. The van der Waals surface area contributed by atoms with Crippen LogP contribution >= 0.6 is 0 Å². The average molecular weight is 738 g/mol. The highest BCUT2D eigenvalue weighted by Crippen LogP contribution is 2.33. The number of imidazole rings is 2. The summed E-state index contributed by atoms with van der Waals surface area (Å²) in [5.74, 6) is -1.09. The van der Waals surface area contributed by atoms with Gasteiger partial charge in [-0.3, -0.25) is 14.4 Å². The van der Waals surface area contributed by atoms with Gasteiger partial charge in [-0.05, 0) is 98.6 Å². The zero-order chi connectivity index (χ0) is 38.4. The molecule has 55 heavy (non-hydrogen) atoms. The van der Waals surface area contributed by atoms with Crippen molar-refractivity contribution in [3.63, 3.8) is 0 Å². The van der Waals surface area contributed by atoms with E-state index < -0.39 is 5.97 Å². The molecule has 6 aromatic heterocycles. The van der Waals surface area contributed by atoms with Gasteiger partial charge in [0.25, 0.3) is 5.82 Å². The van der Waals surface area contributed by atoms with Crippen LogP contribution in [0.3, 0.4) is 0 Å². The number of hydrogen-bond acceptors (Lipinski definition) is 6. The van der Waals surface area contributed by atoms with Gasteiger partial charge in [-0.1, -0.05) is 26.1 Å². The molecule has 0 unspecified atom stereocenters. The van der Waals surface area contributed by atoms with Gasteiger partial charge in [-0.15, -0.1) is 0 Å². The molecular weight excluding hydrogens is 701 g/mol. The minimum Gasteiger partial charge on any atom is -0.477 e. The number of carbonyl (C=O) groups is 1. The number of pyridine rings is 4. The van der Waals surface area contributed by atoms with Crippen LogP contribution in [0.25, 0.3) is 60.9 Å². The predicted octanol–water partition coefficient (Wildman–Crippen LogP) is 9.91. The number of benzene rings is 2. The number of aromatic nitrogens is 6. The zero-order valence-electron chi connectivity index (χ0n) is 29.4. The first-order chi connectivity index (χ1) is 26.1. The summed E-state index contributed by atoms with van der Waals surface area (Å²) >= 11 is 0. The number of carboxylic acid groups (broad SMARTS) is 1. The van der Waals surface area contributed by atoms with Gasteiger partial charge in [0, 0.05) is 64.6 Å². The third kappa shape index (κ3) is 8.27. The largest absolute Gasteiger partial charge is 0.477 e. The van der Waals surface area contributed by atoms with Gasteiger partial charge in [0.1, 0.15) is 17.3 Å². The Labute approximate surface area is 316 Å². The van der Waals surface area contributed by atoms with E-state index in [1.165, 1.54) is 22.7 Å². The first kappa shape index (κ1) is 39.1. The Morgan fingerprint density at radius 2 is 1.16 bits per heavy atom. The highest BCUT2D eigenvalue weighted by atomic mass is 19.1. The fourth-order valence-electron chi connectivity index (χ4n) is 5.83. The van der Waals surface area contributed by atoms with E-state index in [4.69, 9.17) is 11.7 Å². The number of aliphatic hydroxyl groups excluding tert-OH is 1. The zero-order valence-corrected chi connectivity index (χ0v) is 29.4. The number of halogens is 2. The topological polar surface area (TPSA) is 122 Å². The van der Waals surface area contributed by atoms with Crippen LogP contribution in [0.4, 0.5) is 14.6 Å². The minimum absolute atomic E-state index is 0. The molecule has 0 aliphatic rings. The molecule has 276 valence electrons. The van der Waals surface area contributed by atoms with Crippen molar-refractivity contribution in [3.05, 3.63) is 162 Å². The molecule has 0 saturated heterocycles. The third-order valence-electron chi connectivity index (χ3n) is 8.43. The Kier molecular flexibility index (Phi) is 12.2. The highest BCUT2D eigenvalue weighted by molar-refractivity contribution is 5.87. The van der Waals surface area contributed by atoms with E-state index in [1.54, 1.807) is 80.3 Å². The fourth-order valence-corrected chi connectivity index (χ4v) is 5.83. The lowest BCUT2D eigenvalue weighted by Gasteiger charge is -2.11. The quantitative estimate of drug-likeness (QED) is 0.169. The second-order valence-electron chi connectivity index (χ2n) is 12.0. The summed E-state index contributed by atoms with van der Waals surface area (Å²) in [5, 5.41) is 16.9. The van der Waals surface area contributed by atoms with Crippen molar-refractivity contribution in [2.45, 2.75) is 28.2 Å². The summed E-state index contributed by atoms with van der Waals surface area (Å²) in [6.45, 7) is 12.6. The van der Waals surface area contributed by atoms with Gasteiger partial charge in [-0.25, -0.2) is 27.9 Å². The highest BCUT2D eigenvalue weighted by Gasteiger charge is 2.15. The second-order valence-corrected chi connectivity index (χ2v) is 12.0. The van der Waals surface area contributed by atoms with Gasteiger partial charge < -0.3 is 15.1 Å². The molecule has 6 heterocycles. The van der Waals surface area contributed by atoms with Crippen LogP contribution in [0.1, 0.15) is 36.0 Å². The van der Waals surface area contributed by atoms with Crippen molar-refractivity contribution in [1.82, 2.24) is 28.7 Å². The first-order valence-electron chi connectivity index (χ1n) is 16.7. The van der Waals surface area contributed by atoms with Crippen molar-refractivity contribution in [2.75, 3.05) is 6.61 Å². The molecule has 0 bridgehead atoms. The van der Waals surface area contributed by atoms with Crippen LogP contribution in [-0.2, 0) is 0 Å². The van der Waals surface area contributed by atoms with Gasteiger partial charge in [0.15, 0.2) is 5.69 Å². The van der Waals surface area contributed by atoms with E-state index in [2.05, 4.69) is 24.8 Å². The Balaban J connectivity index is 0.000000194. The lowest BCUT2D eigenvalue weighted by atomic mass is 9.99. The number of hydrogen-bond donors (Lipinski definition) is 2. The van der Waals surface area contributed by atoms with Crippen LogP contribution in [0, 0.1) is 32.1 Å². The monoisotopic (exact) mass is 737 g/mol. The van der Waals surface area contributed by atoms with Crippen LogP contribution in [-0.4, -0.2) is 51.5 Å². The van der Waals surface area contributed by atoms with E-state index in [0.29, 0.717) is 28.3 Å². The molecule has 0 amide bonds. The van der Waals surface area contributed by atoms with E-state index in [0.717, 1.165) is 44.7 Å². The van der Waals surface area contributed by atoms with Crippen LogP contribution in [0.15, 0.2) is 122 Å². The smallest absolute Gasteiger partial charge is 0.354 e. The number of rotatable bonds is 5. The molecule has 8 aromatic rings. The summed E-state index contributed by atoms with van der Waals surface area (Å²) in [7, 11) is 0. The number of aromatic carboxylic acids is 1. The van der Waals surface area contributed by atoms with Gasteiger partial charge in [0.05, 0.1) is 30.0 Å². The molecule has 12 heteroatoms. The Hall–Kier alpha value is -7.10. The maximum absolute atomic E-state index is 13.6. The number of aryl methyl sites for hydroxylation is 2. The molecule has 0 atom stereocenters. The number of carboxylic acids is 1. The van der Waals surface area contributed by atoms with Crippen molar-refractivity contribution in [1.29, 1.82) is 0 Å². The standard InChI is InChI=1S/C20H13FN4.C20H14FN3O2.C2H6O.CH4/c1-13-10-14(5-7-17(13)21)20-16(4-3-9-23-20)15-6-8-18-24-11-19(22-2)25(18)12-15;1-12-9-13(4-6-16(12)21)19-15(3-2-8-22-19)14-5-7-18-23-10-17(20(25)26)24(18)11-14;1-2-3;/h3-12H,1H3;2-11H,1H3,(H,25,26);3H,2H2,1H3;1H4. The normalized spacial score (nSPS) is 10.4. The summed E-state index contributed by atoms with van der Waals surface area (Å²) in [4.78, 5) is 32.1. The molecule has 2 N–H and O–H groups in total. The van der Waals surface area contributed by atoms with Crippen molar-refractivity contribution in [3.8, 4) is 44.8 Å². The molecule has 0 spiro atoms. The first-order valence-corrected chi connectivity index (χ1v) is 16.7. The lowest BCUT2D eigenvalue weighted by molar-refractivity contribution is 0.0689. The summed E-state index contributed by atoms with van der Waals surface area (Å²) in [5.41, 5.74) is 9.05. The average Bonchev–Trinajstić information content (AvgIpc) is 3.81. The predicted molar refractivity (Wildman–Crippen MR) is 210 cm³/mol. The maximum atomic E-state index is 13.6. The molecule has 0 radical (unpaired) electrons. The minimum atomic E-state index is -1.05. The second kappa shape index (κ2) is 17.2. The van der Waals surface area contributed by atoms with Crippen LogP contribution in [0.5, 0.6) is 0 Å². The SMILES string of the molecule is C.CCO.Cc1cc(-c2ncccc2-c2ccc3ncc(C(=O)O)n3c2)ccc1F.[C-]#[N+]c1cnc2ccc(-c3cccnc3-c3ccc(F)c(C)c3)cn12. The van der Waals surface area contributed by atoms with E-state index >= 15 is 0 Å². The molecular formula is C43H37F2N7O3. The number of aliphatic hydroxyl groups is 1. The maximum Gasteiger partial charge on any atom is 0.354 e. The van der Waals surface area contributed by atoms with E-state index in [-0.39, 0.29) is 31.4 Å². The molecule has 0 saturated carbocycles. The van der Waals surface area contributed by atoms with Crippen molar-refractivity contribution >= 4 is 23.1 Å². The lowest BCUT2D eigenvalue weighted by Crippen LogP contribution is -2.01. The third-order valence-corrected chi connectivity index (χ3v) is 8.43. The van der Waals surface area contributed by atoms with Gasteiger partial charge >= 0.3 is 5.97 Å². The van der Waals surface area contributed by atoms with E-state index in [1.807, 2.05) is 48.7 Å². The van der Waals surface area contributed by atoms with Gasteiger partial charge in [0.2, 0.25) is 5.65 Å². The summed E-state index contributed by atoms with van der Waals surface area (Å²) in [6.07, 6.45) is 9.89. The van der Waals surface area contributed by atoms with Crippen molar-refractivity contribution < 1.29 is 23.8 Å². The van der Waals surface area contributed by atoms with Gasteiger partial charge in [-0.2, -0.15) is 0 Å². The van der Waals surface area contributed by atoms with Crippen LogP contribution < -0.4 is 0 Å². The molecule has 10 nitrogen and oxygen atoms in total. The molecule has 8 rings (SSSR count). The molecule has 0 aliphatic heterocycles. The van der Waals surface area contributed by atoms with E-state index in [9.17, 15) is 18.7 Å². The summed E-state index contributed by atoms with van der Waals surface area (Å²) in [6, 6.07) is 24.8.